The van der Waals surface area contributed by atoms with Gasteiger partial charge in [-0.15, -0.1) is 0 Å². The quantitative estimate of drug-likeness (QED) is 0.765. The predicted molar refractivity (Wildman–Crippen MR) is 75.3 cm³/mol. The zero-order valence-electron chi connectivity index (χ0n) is 9.87. The molecule has 18 heavy (non-hydrogen) atoms. The van der Waals surface area contributed by atoms with E-state index in [1.165, 1.54) is 11.1 Å². The lowest BCUT2D eigenvalue weighted by molar-refractivity contribution is 0.618. The van der Waals surface area contributed by atoms with Crippen molar-refractivity contribution in [3.05, 3.63) is 63.9 Å². The molecule has 0 atom stereocenters. The Hall–Kier alpha value is -1.35. The molecule has 0 amide bonds. The summed E-state index contributed by atoms with van der Waals surface area (Å²) in [6.45, 7) is 1.80. The van der Waals surface area contributed by atoms with Gasteiger partial charge in [0.2, 0.25) is 0 Å². The highest BCUT2D eigenvalue weighted by Gasteiger charge is 2.16. The summed E-state index contributed by atoms with van der Waals surface area (Å²) in [6, 6.07) is 13.8. The summed E-state index contributed by atoms with van der Waals surface area (Å²) in [4.78, 5) is 2.22. The molecule has 0 unspecified atom stereocenters. The molecule has 3 rings (SSSR count). The van der Waals surface area contributed by atoms with Crippen LogP contribution in [0.2, 0.25) is 0 Å². The second kappa shape index (κ2) is 4.73. The zero-order chi connectivity index (χ0) is 12.5. The van der Waals surface area contributed by atoms with Gasteiger partial charge in [0, 0.05) is 18.8 Å². The van der Waals surface area contributed by atoms with Crippen LogP contribution in [-0.2, 0) is 13.0 Å². The van der Waals surface area contributed by atoms with Crippen LogP contribution in [0.25, 0.3) is 0 Å². The van der Waals surface area contributed by atoms with Crippen LogP contribution in [-0.4, -0.2) is 6.54 Å². The Labute approximate surface area is 114 Å². The Bertz CT molecular complexity index is 582. The van der Waals surface area contributed by atoms with Gasteiger partial charge < -0.3 is 4.90 Å². The van der Waals surface area contributed by atoms with Crippen LogP contribution in [0.5, 0.6) is 0 Å². The lowest BCUT2D eigenvalue weighted by Crippen LogP contribution is -2.30. The van der Waals surface area contributed by atoms with Crippen LogP contribution in [0.1, 0.15) is 11.1 Å². The first-order chi connectivity index (χ1) is 8.74. The zero-order valence-corrected chi connectivity index (χ0v) is 11.5. The number of fused-ring (bicyclic) bond motifs is 1. The minimum atomic E-state index is -0.202. The second-order valence-corrected chi connectivity index (χ2v) is 5.39. The number of halogens is 2. The lowest BCUT2D eigenvalue weighted by Gasteiger charge is -2.30. The third-order valence-corrected chi connectivity index (χ3v) is 4.04. The molecule has 1 nitrogen and oxygen atoms in total. The first-order valence-corrected chi connectivity index (χ1v) is 6.80. The molecule has 0 N–H and O–H groups in total. The third kappa shape index (κ3) is 2.15. The maximum Gasteiger partial charge on any atom is 0.139 e. The summed E-state index contributed by atoms with van der Waals surface area (Å²) >= 11 is 3.19. The van der Waals surface area contributed by atoms with Crippen molar-refractivity contribution in [2.75, 3.05) is 11.4 Å². The molecule has 0 radical (unpaired) electrons. The monoisotopic (exact) mass is 305 g/mol. The van der Waals surface area contributed by atoms with Gasteiger partial charge in [0.1, 0.15) is 5.82 Å². The molecule has 2 aromatic carbocycles. The maximum atomic E-state index is 13.6. The van der Waals surface area contributed by atoms with Crippen LogP contribution in [0.3, 0.4) is 0 Å². The van der Waals surface area contributed by atoms with Crippen molar-refractivity contribution in [2.45, 2.75) is 13.0 Å². The summed E-state index contributed by atoms with van der Waals surface area (Å²) in [5, 5.41) is 0. The average Bonchev–Trinajstić information content (AvgIpc) is 2.41. The van der Waals surface area contributed by atoms with E-state index in [9.17, 15) is 4.39 Å². The molecule has 92 valence electrons. The molecule has 0 aromatic heterocycles. The highest BCUT2D eigenvalue weighted by molar-refractivity contribution is 9.10. The van der Waals surface area contributed by atoms with E-state index in [-0.39, 0.29) is 5.82 Å². The molecule has 1 aliphatic rings. The van der Waals surface area contributed by atoms with Crippen molar-refractivity contribution in [1.29, 1.82) is 0 Å². The maximum absolute atomic E-state index is 13.6. The third-order valence-electron chi connectivity index (χ3n) is 3.40. The minimum Gasteiger partial charge on any atom is -0.367 e. The van der Waals surface area contributed by atoms with Gasteiger partial charge in [-0.25, -0.2) is 4.39 Å². The van der Waals surface area contributed by atoms with E-state index in [2.05, 4.69) is 45.1 Å². The minimum absolute atomic E-state index is 0.202. The van der Waals surface area contributed by atoms with Crippen molar-refractivity contribution >= 4 is 21.6 Å². The van der Waals surface area contributed by atoms with E-state index in [1.807, 2.05) is 6.07 Å². The fourth-order valence-corrected chi connectivity index (χ4v) is 2.64. The second-order valence-electron chi connectivity index (χ2n) is 4.54. The van der Waals surface area contributed by atoms with Gasteiger partial charge in [-0.05, 0) is 51.7 Å². The standard InChI is InChI=1S/C15H13BrFN/c16-14-6-5-13(9-15(14)17)18-8-7-11-3-1-2-4-12(11)10-18/h1-6,9H,7-8,10H2. The Kier molecular flexibility index (Phi) is 3.08. The van der Waals surface area contributed by atoms with E-state index in [0.29, 0.717) is 4.47 Å². The van der Waals surface area contributed by atoms with Crippen LogP contribution in [0.15, 0.2) is 46.9 Å². The SMILES string of the molecule is Fc1cc(N2CCc3ccccc3C2)ccc1Br. The van der Waals surface area contributed by atoms with Crippen molar-refractivity contribution in [3.8, 4) is 0 Å². The molecule has 0 aliphatic carbocycles. The number of benzene rings is 2. The highest BCUT2D eigenvalue weighted by Crippen LogP contribution is 2.27. The summed E-state index contributed by atoms with van der Waals surface area (Å²) in [5.41, 5.74) is 3.70. The molecule has 0 bridgehead atoms. The Balaban J connectivity index is 1.89. The molecule has 0 saturated carbocycles. The average molecular weight is 306 g/mol. The lowest BCUT2D eigenvalue weighted by atomic mass is 9.99. The van der Waals surface area contributed by atoms with Crippen LogP contribution < -0.4 is 4.90 Å². The van der Waals surface area contributed by atoms with Crippen molar-refractivity contribution in [3.63, 3.8) is 0 Å². The molecule has 2 aromatic rings. The summed E-state index contributed by atoms with van der Waals surface area (Å²) in [6.07, 6.45) is 1.02. The number of nitrogens with zero attached hydrogens (tertiary/aromatic N) is 1. The van der Waals surface area contributed by atoms with Gasteiger partial charge in [-0.2, -0.15) is 0 Å². The van der Waals surface area contributed by atoms with Crippen LogP contribution in [0, 0.1) is 5.82 Å². The van der Waals surface area contributed by atoms with Crippen molar-refractivity contribution in [2.24, 2.45) is 0 Å². The number of anilines is 1. The van der Waals surface area contributed by atoms with Gasteiger partial charge in [-0.3, -0.25) is 0 Å². The normalized spacial score (nSPS) is 14.4. The molecule has 0 fully saturated rings. The van der Waals surface area contributed by atoms with E-state index >= 15 is 0 Å². The molecular weight excluding hydrogens is 293 g/mol. The first kappa shape index (κ1) is 11.7. The van der Waals surface area contributed by atoms with Crippen molar-refractivity contribution < 1.29 is 4.39 Å². The van der Waals surface area contributed by atoms with E-state index in [0.717, 1.165) is 25.2 Å². The van der Waals surface area contributed by atoms with Gasteiger partial charge in [0.05, 0.1) is 4.47 Å². The van der Waals surface area contributed by atoms with E-state index in [4.69, 9.17) is 0 Å². The van der Waals surface area contributed by atoms with Gasteiger partial charge in [0.25, 0.3) is 0 Å². The molecular formula is C15H13BrFN. The van der Waals surface area contributed by atoms with Gasteiger partial charge >= 0.3 is 0 Å². The van der Waals surface area contributed by atoms with E-state index in [1.54, 1.807) is 12.1 Å². The predicted octanol–water partition coefficient (Wildman–Crippen LogP) is 4.15. The molecule has 3 heteroatoms. The van der Waals surface area contributed by atoms with E-state index < -0.39 is 0 Å². The molecule has 0 spiro atoms. The summed E-state index contributed by atoms with van der Waals surface area (Å²) in [7, 11) is 0. The Morgan fingerprint density at radius 2 is 1.83 bits per heavy atom. The molecule has 1 heterocycles. The fourth-order valence-electron chi connectivity index (χ4n) is 2.40. The topological polar surface area (TPSA) is 3.24 Å². The highest BCUT2D eigenvalue weighted by atomic mass is 79.9. The molecule has 1 aliphatic heterocycles. The number of rotatable bonds is 1. The smallest absolute Gasteiger partial charge is 0.139 e. The first-order valence-electron chi connectivity index (χ1n) is 6.01. The number of hydrogen-bond donors (Lipinski definition) is 0. The Morgan fingerprint density at radius 3 is 2.61 bits per heavy atom. The van der Waals surface area contributed by atoms with Crippen LogP contribution >= 0.6 is 15.9 Å². The summed E-state index contributed by atoms with van der Waals surface area (Å²) in [5.74, 6) is -0.202. The Morgan fingerprint density at radius 1 is 1.06 bits per heavy atom. The van der Waals surface area contributed by atoms with Gasteiger partial charge in [-0.1, -0.05) is 24.3 Å². The van der Waals surface area contributed by atoms with Crippen molar-refractivity contribution in [1.82, 2.24) is 0 Å². The molecule has 0 saturated heterocycles. The van der Waals surface area contributed by atoms with Gasteiger partial charge in [0.15, 0.2) is 0 Å². The fraction of sp³-hybridized carbons (Fsp3) is 0.200. The van der Waals surface area contributed by atoms with Crippen LogP contribution in [0.4, 0.5) is 10.1 Å². The largest absolute Gasteiger partial charge is 0.367 e. The number of hydrogen-bond acceptors (Lipinski definition) is 1. The summed E-state index contributed by atoms with van der Waals surface area (Å²) < 4.78 is 14.1.